The molecule has 1 atom stereocenters. The lowest BCUT2D eigenvalue weighted by Crippen LogP contribution is -2.04. The second-order valence-corrected chi connectivity index (χ2v) is 8.69. The fraction of sp³-hybridized carbons (Fsp3) is 0.481. The first-order chi connectivity index (χ1) is 14.7. The van der Waals surface area contributed by atoms with Crippen molar-refractivity contribution in [1.29, 1.82) is 0 Å². The Kier molecular flexibility index (Phi) is 8.69. The van der Waals surface area contributed by atoms with E-state index in [1.165, 1.54) is 53.4 Å². The molecule has 1 aromatic heterocycles. The van der Waals surface area contributed by atoms with E-state index in [9.17, 15) is 0 Å². The van der Waals surface area contributed by atoms with Crippen LogP contribution >= 0.6 is 11.6 Å². The van der Waals surface area contributed by atoms with E-state index in [2.05, 4.69) is 62.2 Å². The summed E-state index contributed by atoms with van der Waals surface area (Å²) in [6.45, 7) is 7.56. The molecule has 1 unspecified atom stereocenters. The molecule has 0 amide bonds. The van der Waals surface area contributed by atoms with Crippen molar-refractivity contribution in [3.63, 3.8) is 0 Å². The molecule has 0 aliphatic heterocycles. The van der Waals surface area contributed by atoms with Crippen molar-refractivity contribution < 1.29 is 4.74 Å². The molecular weight excluding hydrogens is 390 g/mol. The van der Waals surface area contributed by atoms with Gasteiger partial charge in [-0.25, -0.2) is 0 Å². The predicted octanol–water partition coefficient (Wildman–Crippen LogP) is 8.66. The summed E-state index contributed by atoms with van der Waals surface area (Å²) >= 11 is 6.30. The Morgan fingerprint density at radius 3 is 2.37 bits per heavy atom. The van der Waals surface area contributed by atoms with Gasteiger partial charge in [0.15, 0.2) is 0 Å². The maximum absolute atomic E-state index is 6.30. The molecule has 2 nitrogen and oxygen atoms in total. The van der Waals surface area contributed by atoms with Gasteiger partial charge in [0, 0.05) is 27.5 Å². The Morgan fingerprint density at radius 2 is 1.67 bits per heavy atom. The first-order valence-electron chi connectivity index (χ1n) is 11.7. The van der Waals surface area contributed by atoms with Gasteiger partial charge in [-0.05, 0) is 60.7 Å². The van der Waals surface area contributed by atoms with Crippen LogP contribution < -0.4 is 4.74 Å². The van der Waals surface area contributed by atoms with Crippen LogP contribution in [0.2, 0.25) is 5.02 Å². The van der Waals surface area contributed by atoms with E-state index in [0.29, 0.717) is 5.92 Å². The molecule has 1 N–H and O–H groups in total. The Hall–Kier alpha value is -1.93. The minimum absolute atomic E-state index is 0.348. The standard InChI is InChI=1S/C27H36ClNO/c1-4-7-8-9-10-18-30-22-15-12-20(13-16-22)23(6-3)27-24(11-5-2)25-19-21(28)14-17-26(25)29-27/h12-17,19,23,29H,4-11,18H2,1-3H3. The fourth-order valence-corrected chi connectivity index (χ4v) is 4.53. The van der Waals surface area contributed by atoms with Crippen molar-refractivity contribution >= 4 is 22.5 Å². The van der Waals surface area contributed by atoms with Crippen LogP contribution in [0.3, 0.4) is 0 Å². The smallest absolute Gasteiger partial charge is 0.119 e. The Morgan fingerprint density at radius 1 is 0.900 bits per heavy atom. The molecule has 30 heavy (non-hydrogen) atoms. The molecule has 2 aromatic carbocycles. The summed E-state index contributed by atoms with van der Waals surface area (Å²) in [5.74, 6) is 1.32. The van der Waals surface area contributed by atoms with Crippen molar-refractivity contribution in [2.24, 2.45) is 0 Å². The molecule has 0 radical (unpaired) electrons. The molecule has 0 fully saturated rings. The number of unbranched alkanes of at least 4 members (excludes halogenated alkanes) is 4. The van der Waals surface area contributed by atoms with Crippen LogP contribution in [0.25, 0.3) is 10.9 Å². The number of hydrogen-bond acceptors (Lipinski definition) is 1. The molecule has 0 spiro atoms. The lowest BCUT2D eigenvalue weighted by atomic mass is 9.89. The summed E-state index contributed by atoms with van der Waals surface area (Å²) in [6.07, 6.45) is 9.55. The van der Waals surface area contributed by atoms with Gasteiger partial charge in [-0.2, -0.15) is 0 Å². The van der Waals surface area contributed by atoms with Gasteiger partial charge in [-0.1, -0.05) is 76.6 Å². The van der Waals surface area contributed by atoms with Crippen LogP contribution in [0.5, 0.6) is 5.75 Å². The summed E-state index contributed by atoms with van der Waals surface area (Å²) in [5.41, 5.74) is 5.26. The lowest BCUT2D eigenvalue weighted by molar-refractivity contribution is 0.304. The number of halogens is 1. The summed E-state index contributed by atoms with van der Waals surface area (Å²) in [6, 6.07) is 14.9. The SMILES string of the molecule is CCCCCCCOc1ccc(C(CC)c2[nH]c3ccc(Cl)cc3c2CCC)cc1. The molecule has 0 bridgehead atoms. The van der Waals surface area contributed by atoms with Crippen molar-refractivity contribution in [1.82, 2.24) is 4.98 Å². The maximum atomic E-state index is 6.30. The van der Waals surface area contributed by atoms with E-state index in [1.807, 2.05) is 6.07 Å². The Balaban J connectivity index is 1.75. The van der Waals surface area contributed by atoms with Crippen molar-refractivity contribution in [3.8, 4) is 5.75 Å². The lowest BCUT2D eigenvalue weighted by Gasteiger charge is -2.17. The van der Waals surface area contributed by atoms with Crippen LogP contribution in [-0.4, -0.2) is 11.6 Å². The van der Waals surface area contributed by atoms with Crippen molar-refractivity contribution in [2.45, 2.75) is 78.1 Å². The van der Waals surface area contributed by atoms with Crippen LogP contribution in [-0.2, 0) is 6.42 Å². The molecule has 162 valence electrons. The second kappa shape index (κ2) is 11.5. The highest BCUT2D eigenvalue weighted by atomic mass is 35.5. The number of nitrogens with one attached hydrogen (secondary N) is 1. The highest BCUT2D eigenvalue weighted by Gasteiger charge is 2.20. The average molecular weight is 426 g/mol. The minimum Gasteiger partial charge on any atom is -0.494 e. The van der Waals surface area contributed by atoms with Gasteiger partial charge in [0.1, 0.15) is 5.75 Å². The predicted molar refractivity (Wildman–Crippen MR) is 130 cm³/mol. The number of aromatic amines is 1. The third kappa shape index (κ3) is 5.60. The van der Waals surface area contributed by atoms with E-state index in [0.717, 1.165) is 43.1 Å². The van der Waals surface area contributed by atoms with Gasteiger partial charge >= 0.3 is 0 Å². The van der Waals surface area contributed by atoms with Gasteiger partial charge < -0.3 is 9.72 Å². The zero-order valence-corrected chi connectivity index (χ0v) is 19.5. The van der Waals surface area contributed by atoms with Crippen LogP contribution in [0, 0.1) is 0 Å². The highest BCUT2D eigenvalue weighted by Crippen LogP contribution is 2.36. The highest BCUT2D eigenvalue weighted by molar-refractivity contribution is 6.31. The quantitative estimate of drug-likeness (QED) is 0.288. The van der Waals surface area contributed by atoms with Gasteiger partial charge in [0.2, 0.25) is 0 Å². The molecule has 1 heterocycles. The third-order valence-corrected chi connectivity index (χ3v) is 6.19. The maximum Gasteiger partial charge on any atom is 0.119 e. The molecular formula is C27H36ClNO. The Bertz CT molecular complexity index is 913. The van der Waals surface area contributed by atoms with Crippen molar-refractivity contribution in [3.05, 3.63) is 64.3 Å². The molecule has 3 heteroatoms. The van der Waals surface area contributed by atoms with Gasteiger partial charge in [0.25, 0.3) is 0 Å². The number of rotatable bonds is 12. The van der Waals surface area contributed by atoms with Crippen molar-refractivity contribution in [2.75, 3.05) is 6.61 Å². The normalized spacial score (nSPS) is 12.4. The van der Waals surface area contributed by atoms with Crippen LogP contribution in [0.15, 0.2) is 42.5 Å². The molecule has 0 aliphatic carbocycles. The van der Waals surface area contributed by atoms with E-state index < -0.39 is 0 Å². The number of fused-ring (bicyclic) bond motifs is 1. The fourth-order valence-electron chi connectivity index (χ4n) is 4.36. The topological polar surface area (TPSA) is 25.0 Å². The summed E-state index contributed by atoms with van der Waals surface area (Å²) < 4.78 is 5.96. The molecule has 3 aromatic rings. The van der Waals surface area contributed by atoms with E-state index in [-0.39, 0.29) is 0 Å². The first kappa shape index (κ1) is 22.7. The number of benzene rings is 2. The van der Waals surface area contributed by atoms with E-state index in [4.69, 9.17) is 16.3 Å². The number of ether oxygens (including phenoxy) is 1. The molecule has 0 aliphatic rings. The monoisotopic (exact) mass is 425 g/mol. The summed E-state index contributed by atoms with van der Waals surface area (Å²) in [5, 5.41) is 2.07. The number of aryl methyl sites for hydroxylation is 1. The third-order valence-electron chi connectivity index (χ3n) is 5.96. The summed E-state index contributed by atoms with van der Waals surface area (Å²) in [4.78, 5) is 3.71. The number of hydrogen-bond donors (Lipinski definition) is 1. The molecule has 0 saturated heterocycles. The van der Waals surface area contributed by atoms with Gasteiger partial charge in [-0.15, -0.1) is 0 Å². The first-order valence-corrected chi connectivity index (χ1v) is 12.1. The van der Waals surface area contributed by atoms with Gasteiger partial charge in [-0.3, -0.25) is 0 Å². The number of H-pyrrole nitrogens is 1. The largest absolute Gasteiger partial charge is 0.494 e. The average Bonchev–Trinajstić information content (AvgIpc) is 3.10. The zero-order chi connectivity index (χ0) is 21.3. The van der Waals surface area contributed by atoms with Gasteiger partial charge in [0.05, 0.1) is 6.61 Å². The van der Waals surface area contributed by atoms with Crippen LogP contribution in [0.1, 0.15) is 88.5 Å². The zero-order valence-electron chi connectivity index (χ0n) is 18.8. The van der Waals surface area contributed by atoms with E-state index >= 15 is 0 Å². The van der Waals surface area contributed by atoms with Crippen LogP contribution in [0.4, 0.5) is 0 Å². The molecule has 0 saturated carbocycles. The minimum atomic E-state index is 0.348. The second-order valence-electron chi connectivity index (χ2n) is 8.25. The van der Waals surface area contributed by atoms with E-state index in [1.54, 1.807) is 0 Å². The Labute approximate surface area is 187 Å². The molecule has 3 rings (SSSR count). The summed E-state index contributed by atoms with van der Waals surface area (Å²) in [7, 11) is 0. The number of aromatic nitrogens is 1.